The number of aromatic nitrogens is 7. The molecule has 164 valence electrons. The number of pyridine rings is 1. The first-order valence-electron chi connectivity index (χ1n) is 9.95. The van der Waals surface area contributed by atoms with Crippen LogP contribution >= 0.6 is 22.9 Å². The molecule has 0 N–H and O–H groups in total. The van der Waals surface area contributed by atoms with Crippen LogP contribution in [0.3, 0.4) is 0 Å². The molecule has 0 spiro atoms. The number of halogens is 4. The Hall–Kier alpha value is -2.79. The Morgan fingerprint density at radius 2 is 1.97 bits per heavy atom. The van der Waals surface area contributed by atoms with Crippen LogP contribution in [0.15, 0.2) is 12.4 Å². The first kappa shape index (κ1) is 19.9. The predicted octanol–water partition coefficient (Wildman–Crippen LogP) is 5.30. The molecule has 0 radical (unpaired) electrons. The Kier molecular flexibility index (Phi) is 4.10. The van der Waals surface area contributed by atoms with Crippen molar-refractivity contribution in [1.29, 1.82) is 0 Å². The Morgan fingerprint density at radius 3 is 2.69 bits per heavy atom. The van der Waals surface area contributed by atoms with Crippen LogP contribution in [0.1, 0.15) is 47.2 Å². The first-order chi connectivity index (χ1) is 15.2. The zero-order valence-corrected chi connectivity index (χ0v) is 18.5. The highest BCUT2D eigenvalue weighted by atomic mass is 35.5. The summed E-state index contributed by atoms with van der Waals surface area (Å²) < 4.78 is 43.8. The SMILES string of the molecule is Cc1cc(C)c2c(n1)sc1c2ncn2nc(Cn3nc(C(F)(F)F)c(Cl)c3C3CC3)nc12. The third-order valence-corrected chi connectivity index (χ3v) is 7.03. The lowest BCUT2D eigenvalue weighted by Gasteiger charge is -2.03. The lowest BCUT2D eigenvalue weighted by molar-refractivity contribution is -0.141. The van der Waals surface area contributed by atoms with Crippen molar-refractivity contribution >= 4 is 49.0 Å². The molecule has 12 heteroatoms. The molecule has 1 aliphatic rings. The van der Waals surface area contributed by atoms with Gasteiger partial charge in [0.15, 0.2) is 17.2 Å². The van der Waals surface area contributed by atoms with E-state index in [9.17, 15) is 13.2 Å². The molecule has 0 saturated heterocycles. The summed E-state index contributed by atoms with van der Waals surface area (Å²) in [7, 11) is 0. The van der Waals surface area contributed by atoms with Gasteiger partial charge in [-0.25, -0.2) is 19.5 Å². The molecule has 0 aliphatic heterocycles. The lowest BCUT2D eigenvalue weighted by Crippen LogP contribution is -2.10. The van der Waals surface area contributed by atoms with Crippen LogP contribution < -0.4 is 0 Å². The summed E-state index contributed by atoms with van der Waals surface area (Å²) in [6.45, 7) is 3.95. The second-order valence-corrected chi connectivity index (χ2v) is 9.44. The maximum Gasteiger partial charge on any atom is 0.436 e. The predicted molar refractivity (Wildman–Crippen MR) is 114 cm³/mol. The maximum atomic E-state index is 13.4. The summed E-state index contributed by atoms with van der Waals surface area (Å²) in [6, 6.07) is 2.01. The molecule has 5 aromatic rings. The van der Waals surface area contributed by atoms with Gasteiger partial charge in [0.1, 0.15) is 22.4 Å². The molecule has 5 aromatic heterocycles. The molecule has 0 aromatic carbocycles. The van der Waals surface area contributed by atoms with Crippen LogP contribution in [0.4, 0.5) is 13.2 Å². The van der Waals surface area contributed by atoms with Gasteiger partial charge in [0.05, 0.1) is 16.2 Å². The van der Waals surface area contributed by atoms with Crippen molar-refractivity contribution in [2.45, 2.75) is 45.3 Å². The van der Waals surface area contributed by atoms with Crippen molar-refractivity contribution in [2.75, 3.05) is 0 Å². The molecule has 0 bridgehead atoms. The summed E-state index contributed by atoms with van der Waals surface area (Å²) in [5, 5.41) is 8.86. The average molecular weight is 478 g/mol. The summed E-state index contributed by atoms with van der Waals surface area (Å²) in [6.07, 6.45) is -1.47. The quantitative estimate of drug-likeness (QED) is 0.352. The van der Waals surface area contributed by atoms with Crippen LogP contribution in [-0.2, 0) is 12.7 Å². The van der Waals surface area contributed by atoms with Gasteiger partial charge in [-0.3, -0.25) is 4.68 Å². The van der Waals surface area contributed by atoms with Crippen molar-refractivity contribution < 1.29 is 13.2 Å². The number of thiophene rings is 1. The number of aryl methyl sites for hydroxylation is 2. The van der Waals surface area contributed by atoms with E-state index in [1.165, 1.54) is 16.0 Å². The fourth-order valence-electron chi connectivity index (χ4n) is 4.12. The van der Waals surface area contributed by atoms with E-state index < -0.39 is 11.9 Å². The van der Waals surface area contributed by atoms with E-state index in [0.717, 1.165) is 44.5 Å². The second-order valence-electron chi connectivity index (χ2n) is 8.06. The van der Waals surface area contributed by atoms with E-state index in [4.69, 9.17) is 11.6 Å². The summed E-state index contributed by atoms with van der Waals surface area (Å²) >= 11 is 7.56. The Labute approximate surface area is 187 Å². The average Bonchev–Trinajstić information content (AvgIpc) is 3.18. The maximum absolute atomic E-state index is 13.4. The molecule has 6 rings (SSSR count). The standard InChI is InChI=1S/C20H15ClF3N7S/c1-8-5-9(2)26-19-12(8)14-16(32-19)18-27-11(28-31(18)7-25-14)6-30-15(10-3-4-10)13(21)17(29-30)20(22,23)24/h5,7,10H,3-4,6H2,1-2H3. The van der Waals surface area contributed by atoms with Crippen LogP contribution in [0.25, 0.3) is 26.1 Å². The molecular weight excluding hydrogens is 463 g/mol. The molecule has 0 atom stereocenters. The highest BCUT2D eigenvalue weighted by Gasteiger charge is 2.42. The normalized spacial score (nSPS) is 14.9. The summed E-state index contributed by atoms with van der Waals surface area (Å²) in [5.74, 6) is 0.323. The van der Waals surface area contributed by atoms with Gasteiger partial charge in [0.2, 0.25) is 0 Å². The van der Waals surface area contributed by atoms with Crippen molar-refractivity contribution in [1.82, 2.24) is 34.3 Å². The second kappa shape index (κ2) is 6.61. The highest BCUT2D eigenvalue weighted by Crippen LogP contribution is 2.47. The summed E-state index contributed by atoms with van der Waals surface area (Å²) in [5.41, 5.74) is 2.72. The number of nitrogens with zero attached hydrogens (tertiary/aromatic N) is 7. The van der Waals surface area contributed by atoms with Crippen molar-refractivity contribution in [2.24, 2.45) is 0 Å². The monoisotopic (exact) mass is 477 g/mol. The number of hydrogen-bond acceptors (Lipinski definition) is 6. The molecule has 0 unspecified atom stereocenters. The van der Waals surface area contributed by atoms with Crippen LogP contribution in [0, 0.1) is 13.8 Å². The fourth-order valence-corrected chi connectivity index (χ4v) is 5.74. The number of alkyl halides is 3. The Balaban J connectivity index is 1.48. The van der Waals surface area contributed by atoms with E-state index >= 15 is 0 Å². The van der Waals surface area contributed by atoms with Crippen molar-refractivity contribution in [3.63, 3.8) is 0 Å². The van der Waals surface area contributed by atoms with E-state index in [1.807, 2.05) is 19.9 Å². The van der Waals surface area contributed by atoms with Gasteiger partial charge in [-0.1, -0.05) is 11.6 Å². The van der Waals surface area contributed by atoms with Gasteiger partial charge >= 0.3 is 6.18 Å². The molecule has 1 saturated carbocycles. The van der Waals surface area contributed by atoms with Gasteiger partial charge < -0.3 is 0 Å². The molecule has 5 heterocycles. The van der Waals surface area contributed by atoms with Gasteiger partial charge in [-0.05, 0) is 38.3 Å². The minimum absolute atomic E-state index is 0.00785. The summed E-state index contributed by atoms with van der Waals surface area (Å²) in [4.78, 5) is 14.7. The topological polar surface area (TPSA) is 73.8 Å². The number of fused-ring (bicyclic) bond motifs is 5. The third kappa shape index (κ3) is 2.98. The molecule has 1 aliphatic carbocycles. The van der Waals surface area contributed by atoms with Gasteiger partial charge in [0, 0.05) is 17.0 Å². The molecule has 7 nitrogen and oxygen atoms in total. The smallest absolute Gasteiger partial charge is 0.259 e. The minimum atomic E-state index is -4.62. The van der Waals surface area contributed by atoms with E-state index in [2.05, 4.69) is 25.1 Å². The minimum Gasteiger partial charge on any atom is -0.259 e. The van der Waals surface area contributed by atoms with E-state index in [-0.39, 0.29) is 17.5 Å². The van der Waals surface area contributed by atoms with Gasteiger partial charge in [-0.2, -0.15) is 18.3 Å². The first-order valence-corrected chi connectivity index (χ1v) is 11.1. The van der Waals surface area contributed by atoms with Crippen LogP contribution in [-0.4, -0.2) is 34.3 Å². The molecular formula is C20H15ClF3N7S. The van der Waals surface area contributed by atoms with Crippen LogP contribution in [0.2, 0.25) is 5.02 Å². The largest absolute Gasteiger partial charge is 0.436 e. The van der Waals surface area contributed by atoms with E-state index in [0.29, 0.717) is 17.2 Å². The van der Waals surface area contributed by atoms with E-state index in [1.54, 1.807) is 10.8 Å². The molecule has 32 heavy (non-hydrogen) atoms. The fraction of sp³-hybridized carbons (Fsp3) is 0.350. The van der Waals surface area contributed by atoms with Crippen molar-refractivity contribution in [3.05, 3.63) is 45.9 Å². The highest BCUT2D eigenvalue weighted by molar-refractivity contribution is 7.26. The van der Waals surface area contributed by atoms with Gasteiger partial charge in [0.25, 0.3) is 0 Å². The molecule has 1 fully saturated rings. The Morgan fingerprint density at radius 1 is 1.19 bits per heavy atom. The Bertz CT molecular complexity index is 1540. The van der Waals surface area contributed by atoms with Gasteiger partial charge in [-0.15, -0.1) is 16.4 Å². The number of rotatable bonds is 3. The zero-order chi connectivity index (χ0) is 22.4. The number of hydrogen-bond donors (Lipinski definition) is 0. The van der Waals surface area contributed by atoms with Crippen LogP contribution in [0.5, 0.6) is 0 Å². The lowest BCUT2D eigenvalue weighted by atomic mass is 10.1. The third-order valence-electron chi connectivity index (χ3n) is 5.59. The zero-order valence-electron chi connectivity index (χ0n) is 16.9. The van der Waals surface area contributed by atoms with Crippen molar-refractivity contribution in [3.8, 4) is 0 Å². The molecule has 0 amide bonds.